The second-order valence-electron chi connectivity index (χ2n) is 6.91. The molecule has 3 rings (SSSR count). The lowest BCUT2D eigenvalue weighted by molar-refractivity contribution is -0.139. The maximum Gasteiger partial charge on any atom is 0.225 e. The van der Waals surface area contributed by atoms with Crippen LogP contribution >= 0.6 is 0 Å². The Morgan fingerprint density at radius 1 is 1.17 bits per heavy atom. The molecule has 1 saturated carbocycles. The molecule has 2 aliphatic heterocycles. The average Bonchev–Trinajstić information content (AvgIpc) is 3.09. The Morgan fingerprint density at radius 2 is 1.89 bits per heavy atom. The second kappa shape index (κ2) is 4.20. The minimum atomic E-state index is 0.242. The molecule has 1 aliphatic carbocycles. The first-order chi connectivity index (χ1) is 8.47. The van der Waals surface area contributed by atoms with E-state index in [4.69, 9.17) is 0 Å². The average molecular weight is 251 g/mol. The molecule has 4 heteroatoms. The van der Waals surface area contributed by atoms with Crippen LogP contribution in [0.3, 0.4) is 0 Å². The highest BCUT2D eigenvalue weighted by Crippen LogP contribution is 2.33. The second-order valence-corrected chi connectivity index (χ2v) is 6.91. The van der Waals surface area contributed by atoms with E-state index >= 15 is 0 Å². The largest absolute Gasteiger partial charge is 0.340 e. The van der Waals surface area contributed by atoms with Gasteiger partial charge in [0, 0.05) is 50.2 Å². The van der Waals surface area contributed by atoms with Gasteiger partial charge in [-0.1, -0.05) is 0 Å². The zero-order valence-corrected chi connectivity index (χ0v) is 11.9. The fourth-order valence-corrected chi connectivity index (χ4v) is 3.77. The summed E-state index contributed by atoms with van der Waals surface area (Å²) in [6.07, 6.45) is 2.24. The fraction of sp³-hybridized carbons (Fsp3) is 0.929. The molecule has 102 valence electrons. The maximum atomic E-state index is 12.2. The smallest absolute Gasteiger partial charge is 0.225 e. The summed E-state index contributed by atoms with van der Waals surface area (Å²) >= 11 is 0. The molecular formula is C14H25N3O. The van der Waals surface area contributed by atoms with Crippen molar-refractivity contribution >= 4 is 5.91 Å². The number of piperazine rings is 2. The Hall–Kier alpha value is -0.610. The van der Waals surface area contributed by atoms with Crippen LogP contribution in [0.25, 0.3) is 0 Å². The fourth-order valence-electron chi connectivity index (χ4n) is 3.77. The molecule has 18 heavy (non-hydrogen) atoms. The predicted molar refractivity (Wildman–Crippen MR) is 71.4 cm³/mol. The van der Waals surface area contributed by atoms with Crippen LogP contribution in [0.2, 0.25) is 0 Å². The zero-order chi connectivity index (χ0) is 12.9. The summed E-state index contributed by atoms with van der Waals surface area (Å²) < 4.78 is 0. The number of hydrogen-bond acceptors (Lipinski definition) is 3. The number of likely N-dealkylation sites (N-methyl/N-ethyl adjacent to an activating group) is 1. The lowest BCUT2D eigenvalue weighted by Gasteiger charge is -2.55. The maximum absolute atomic E-state index is 12.2. The molecule has 0 N–H and O–H groups in total. The number of nitrogens with zero attached hydrogens (tertiary/aromatic N) is 3. The molecule has 2 heterocycles. The summed E-state index contributed by atoms with van der Waals surface area (Å²) in [5.41, 5.74) is 0.242. The van der Waals surface area contributed by atoms with E-state index in [1.165, 1.54) is 0 Å². The number of rotatable bonds is 1. The zero-order valence-electron chi connectivity index (χ0n) is 11.9. The first-order valence-electron chi connectivity index (χ1n) is 7.21. The van der Waals surface area contributed by atoms with Gasteiger partial charge in [0.2, 0.25) is 5.91 Å². The van der Waals surface area contributed by atoms with Gasteiger partial charge in [0.25, 0.3) is 0 Å². The van der Waals surface area contributed by atoms with Gasteiger partial charge >= 0.3 is 0 Å². The summed E-state index contributed by atoms with van der Waals surface area (Å²) in [6, 6.07) is 0.523. The van der Waals surface area contributed by atoms with Gasteiger partial charge in [0.1, 0.15) is 0 Å². The van der Waals surface area contributed by atoms with Gasteiger partial charge in [-0.25, -0.2) is 0 Å². The van der Waals surface area contributed by atoms with E-state index in [2.05, 4.69) is 35.6 Å². The molecule has 0 aromatic carbocycles. The molecule has 0 aromatic rings. The van der Waals surface area contributed by atoms with Gasteiger partial charge in [-0.15, -0.1) is 0 Å². The van der Waals surface area contributed by atoms with Gasteiger partial charge in [-0.05, 0) is 33.7 Å². The van der Waals surface area contributed by atoms with Gasteiger partial charge < -0.3 is 9.80 Å². The Balaban J connectivity index is 1.69. The van der Waals surface area contributed by atoms with Gasteiger partial charge in [0.15, 0.2) is 0 Å². The SMILES string of the molecule is CN1CC2CN(C(=O)C3CC3)CCN2C(C)(C)C1. The third-order valence-electron chi connectivity index (χ3n) is 4.68. The van der Waals surface area contributed by atoms with E-state index in [9.17, 15) is 4.79 Å². The molecule has 1 unspecified atom stereocenters. The van der Waals surface area contributed by atoms with E-state index in [0.29, 0.717) is 17.9 Å². The van der Waals surface area contributed by atoms with Crippen molar-refractivity contribution in [1.82, 2.24) is 14.7 Å². The molecule has 3 fully saturated rings. The molecule has 2 saturated heterocycles. The van der Waals surface area contributed by atoms with E-state index in [0.717, 1.165) is 45.6 Å². The molecule has 0 spiro atoms. The van der Waals surface area contributed by atoms with Gasteiger partial charge in [-0.2, -0.15) is 0 Å². The molecule has 1 atom stereocenters. The lowest BCUT2D eigenvalue weighted by atomic mass is 9.93. The summed E-state index contributed by atoms with van der Waals surface area (Å²) in [5, 5.41) is 0. The van der Waals surface area contributed by atoms with Crippen molar-refractivity contribution in [1.29, 1.82) is 0 Å². The minimum Gasteiger partial charge on any atom is -0.340 e. The highest BCUT2D eigenvalue weighted by Gasteiger charge is 2.44. The van der Waals surface area contributed by atoms with Crippen molar-refractivity contribution in [2.24, 2.45) is 5.92 Å². The summed E-state index contributed by atoms with van der Waals surface area (Å²) in [4.78, 5) is 19.3. The van der Waals surface area contributed by atoms with Crippen molar-refractivity contribution in [2.75, 3.05) is 39.8 Å². The number of carbonyl (C=O) groups excluding carboxylic acids is 1. The molecule has 3 aliphatic rings. The van der Waals surface area contributed by atoms with Crippen molar-refractivity contribution in [2.45, 2.75) is 38.3 Å². The third-order valence-corrected chi connectivity index (χ3v) is 4.68. The first-order valence-corrected chi connectivity index (χ1v) is 7.21. The standard InChI is InChI=1S/C14H25N3O/c1-14(2)10-15(3)8-12-9-16(6-7-17(12)14)13(18)11-4-5-11/h11-12H,4-10H2,1-3H3. The normalized spacial score (nSPS) is 33.3. The van der Waals surface area contributed by atoms with E-state index in [1.807, 2.05) is 0 Å². The van der Waals surface area contributed by atoms with Crippen LogP contribution in [0.4, 0.5) is 0 Å². The summed E-state index contributed by atoms with van der Waals surface area (Å²) in [5.74, 6) is 0.784. The van der Waals surface area contributed by atoms with E-state index in [1.54, 1.807) is 0 Å². The first kappa shape index (κ1) is 12.4. The van der Waals surface area contributed by atoms with E-state index < -0.39 is 0 Å². The quantitative estimate of drug-likeness (QED) is 0.684. The number of hydrogen-bond donors (Lipinski definition) is 0. The highest BCUT2D eigenvalue weighted by atomic mass is 16.2. The van der Waals surface area contributed by atoms with Crippen molar-refractivity contribution in [3.8, 4) is 0 Å². The third kappa shape index (κ3) is 2.16. The Kier molecular flexibility index (Phi) is 2.90. The number of carbonyl (C=O) groups is 1. The van der Waals surface area contributed by atoms with Crippen LogP contribution in [0, 0.1) is 5.92 Å². The Labute approximate surface area is 110 Å². The molecule has 4 nitrogen and oxygen atoms in total. The molecule has 0 bridgehead atoms. The Morgan fingerprint density at radius 3 is 2.56 bits per heavy atom. The molecule has 0 radical (unpaired) electrons. The lowest BCUT2D eigenvalue weighted by Crippen LogP contribution is -2.69. The van der Waals surface area contributed by atoms with Gasteiger partial charge in [-0.3, -0.25) is 9.69 Å². The van der Waals surface area contributed by atoms with Crippen LogP contribution < -0.4 is 0 Å². The van der Waals surface area contributed by atoms with Crippen LogP contribution in [-0.4, -0.2) is 72.0 Å². The van der Waals surface area contributed by atoms with Gasteiger partial charge in [0.05, 0.1) is 0 Å². The highest BCUT2D eigenvalue weighted by molar-refractivity contribution is 5.81. The topological polar surface area (TPSA) is 26.8 Å². The van der Waals surface area contributed by atoms with Crippen LogP contribution in [0.1, 0.15) is 26.7 Å². The van der Waals surface area contributed by atoms with Crippen LogP contribution in [0.5, 0.6) is 0 Å². The number of amides is 1. The Bertz CT molecular complexity index is 351. The van der Waals surface area contributed by atoms with Crippen molar-refractivity contribution in [3.63, 3.8) is 0 Å². The minimum absolute atomic E-state index is 0.242. The van der Waals surface area contributed by atoms with Crippen molar-refractivity contribution in [3.05, 3.63) is 0 Å². The van der Waals surface area contributed by atoms with Crippen LogP contribution in [0.15, 0.2) is 0 Å². The monoisotopic (exact) mass is 251 g/mol. The summed E-state index contributed by atoms with van der Waals surface area (Å²) in [6.45, 7) is 9.78. The molecule has 0 aromatic heterocycles. The molecular weight excluding hydrogens is 226 g/mol. The van der Waals surface area contributed by atoms with E-state index in [-0.39, 0.29) is 5.54 Å². The number of fused-ring (bicyclic) bond motifs is 1. The summed E-state index contributed by atoms with van der Waals surface area (Å²) in [7, 11) is 2.20. The predicted octanol–water partition coefficient (Wildman–Crippen LogP) is 0.633. The molecule has 1 amide bonds. The van der Waals surface area contributed by atoms with Crippen molar-refractivity contribution < 1.29 is 4.79 Å². The van der Waals surface area contributed by atoms with Crippen LogP contribution in [-0.2, 0) is 4.79 Å².